The average Bonchev–Trinajstić information content (AvgIpc) is 3.54. The monoisotopic (exact) mass is 352 g/mol. The van der Waals surface area contributed by atoms with Gasteiger partial charge in [0.25, 0.3) is 5.91 Å². The molecule has 0 N–H and O–H groups in total. The van der Waals surface area contributed by atoms with Crippen LogP contribution in [0.4, 0.5) is 5.82 Å². The summed E-state index contributed by atoms with van der Waals surface area (Å²) < 4.78 is 5.76. The first kappa shape index (κ1) is 16.8. The molecule has 0 radical (unpaired) electrons. The van der Waals surface area contributed by atoms with Crippen molar-refractivity contribution < 1.29 is 9.53 Å². The SMILES string of the molecule is CC(Oc1ccccc1)C(=O)N1CCN(c2ccc(C3CC3)nn2)CC1. The Morgan fingerprint density at radius 3 is 2.38 bits per heavy atom. The second kappa shape index (κ2) is 7.32. The van der Waals surface area contributed by atoms with E-state index in [9.17, 15) is 4.79 Å². The normalized spacial score (nSPS) is 18.5. The molecule has 2 aromatic rings. The number of rotatable bonds is 5. The summed E-state index contributed by atoms with van der Waals surface area (Å²) >= 11 is 0. The Balaban J connectivity index is 1.30. The van der Waals surface area contributed by atoms with Crippen LogP contribution in [-0.4, -0.2) is 53.3 Å². The first-order valence-corrected chi connectivity index (χ1v) is 9.30. The highest BCUT2D eigenvalue weighted by Crippen LogP contribution is 2.38. The van der Waals surface area contributed by atoms with Crippen molar-refractivity contribution in [3.63, 3.8) is 0 Å². The molecule has 1 atom stereocenters. The highest BCUT2D eigenvalue weighted by atomic mass is 16.5. The maximum Gasteiger partial charge on any atom is 0.263 e. The lowest BCUT2D eigenvalue weighted by atomic mass is 10.2. The van der Waals surface area contributed by atoms with Gasteiger partial charge in [-0.2, -0.15) is 5.10 Å². The Labute approximate surface area is 153 Å². The van der Waals surface area contributed by atoms with Crippen LogP contribution in [0.1, 0.15) is 31.4 Å². The van der Waals surface area contributed by atoms with Gasteiger partial charge in [-0.3, -0.25) is 4.79 Å². The summed E-state index contributed by atoms with van der Waals surface area (Å²) in [5.74, 6) is 2.27. The van der Waals surface area contributed by atoms with Crippen molar-refractivity contribution in [1.82, 2.24) is 15.1 Å². The lowest BCUT2D eigenvalue weighted by Crippen LogP contribution is -2.52. The molecule has 1 aromatic heterocycles. The molecule has 4 rings (SSSR count). The highest BCUT2D eigenvalue weighted by molar-refractivity contribution is 5.81. The van der Waals surface area contributed by atoms with Gasteiger partial charge in [0.15, 0.2) is 11.9 Å². The Morgan fingerprint density at radius 2 is 1.77 bits per heavy atom. The van der Waals surface area contributed by atoms with Crippen LogP contribution in [0.2, 0.25) is 0 Å². The zero-order chi connectivity index (χ0) is 17.9. The van der Waals surface area contributed by atoms with Crippen LogP contribution in [0, 0.1) is 0 Å². The number of hydrogen-bond donors (Lipinski definition) is 0. The number of carbonyl (C=O) groups excluding carboxylic acids is 1. The number of nitrogens with zero attached hydrogens (tertiary/aromatic N) is 4. The molecular weight excluding hydrogens is 328 g/mol. The number of anilines is 1. The van der Waals surface area contributed by atoms with Crippen molar-refractivity contribution in [3.8, 4) is 5.75 Å². The molecule has 1 saturated carbocycles. The lowest BCUT2D eigenvalue weighted by Gasteiger charge is -2.36. The largest absolute Gasteiger partial charge is 0.481 e. The zero-order valence-corrected chi connectivity index (χ0v) is 15.0. The molecule has 2 heterocycles. The van der Waals surface area contributed by atoms with Gasteiger partial charge in [0.05, 0.1) is 5.69 Å². The van der Waals surface area contributed by atoms with Crippen molar-refractivity contribution in [2.75, 3.05) is 31.1 Å². The highest BCUT2D eigenvalue weighted by Gasteiger charge is 2.28. The van der Waals surface area contributed by atoms with Crippen LogP contribution in [-0.2, 0) is 4.79 Å². The fourth-order valence-electron chi connectivity index (χ4n) is 3.27. The van der Waals surface area contributed by atoms with Gasteiger partial charge in [0.2, 0.25) is 0 Å². The maximum absolute atomic E-state index is 12.6. The molecule has 0 spiro atoms. The van der Waals surface area contributed by atoms with Crippen LogP contribution in [0.5, 0.6) is 5.75 Å². The fourth-order valence-corrected chi connectivity index (χ4v) is 3.27. The van der Waals surface area contributed by atoms with Crippen LogP contribution in [0.15, 0.2) is 42.5 Å². The summed E-state index contributed by atoms with van der Waals surface area (Å²) in [4.78, 5) is 16.7. The minimum Gasteiger partial charge on any atom is -0.481 e. The van der Waals surface area contributed by atoms with E-state index in [1.54, 1.807) is 0 Å². The Bertz CT molecular complexity index is 738. The van der Waals surface area contributed by atoms with E-state index in [1.807, 2.05) is 42.2 Å². The third-order valence-electron chi connectivity index (χ3n) is 4.99. The van der Waals surface area contributed by atoms with E-state index in [1.165, 1.54) is 12.8 Å². The molecule has 1 unspecified atom stereocenters. The molecule has 1 saturated heterocycles. The van der Waals surface area contributed by atoms with Gasteiger partial charge in [-0.25, -0.2) is 0 Å². The molecule has 26 heavy (non-hydrogen) atoms. The second-order valence-electron chi connectivity index (χ2n) is 6.98. The number of benzene rings is 1. The second-order valence-corrected chi connectivity index (χ2v) is 6.98. The molecule has 136 valence electrons. The van der Waals surface area contributed by atoms with E-state index in [4.69, 9.17) is 4.74 Å². The smallest absolute Gasteiger partial charge is 0.263 e. The molecule has 0 bridgehead atoms. The average molecular weight is 352 g/mol. The molecule has 1 aliphatic carbocycles. The summed E-state index contributed by atoms with van der Waals surface area (Å²) in [6.07, 6.45) is 1.98. The van der Waals surface area contributed by atoms with Crippen LogP contribution in [0.3, 0.4) is 0 Å². The topological polar surface area (TPSA) is 58.6 Å². The van der Waals surface area contributed by atoms with Crippen LogP contribution < -0.4 is 9.64 Å². The van der Waals surface area contributed by atoms with Gasteiger partial charge in [-0.15, -0.1) is 5.10 Å². The van der Waals surface area contributed by atoms with Gasteiger partial charge in [0, 0.05) is 32.1 Å². The Kier molecular flexibility index (Phi) is 4.73. The molecule has 6 heteroatoms. The summed E-state index contributed by atoms with van der Waals surface area (Å²) in [5, 5.41) is 8.73. The Hall–Kier alpha value is -2.63. The lowest BCUT2D eigenvalue weighted by molar-refractivity contribution is -0.138. The van der Waals surface area contributed by atoms with E-state index in [2.05, 4.69) is 27.2 Å². The molecule has 1 amide bonds. The number of para-hydroxylation sites is 1. The molecule has 1 aromatic carbocycles. The maximum atomic E-state index is 12.6. The van der Waals surface area contributed by atoms with E-state index in [-0.39, 0.29) is 5.91 Å². The summed E-state index contributed by atoms with van der Waals surface area (Å²) in [7, 11) is 0. The van der Waals surface area contributed by atoms with E-state index in [0.717, 1.165) is 30.4 Å². The van der Waals surface area contributed by atoms with Gasteiger partial charge < -0.3 is 14.5 Å². The van der Waals surface area contributed by atoms with E-state index in [0.29, 0.717) is 19.0 Å². The van der Waals surface area contributed by atoms with Crippen molar-refractivity contribution >= 4 is 11.7 Å². The van der Waals surface area contributed by atoms with Crippen molar-refractivity contribution in [3.05, 3.63) is 48.2 Å². The number of ether oxygens (including phenoxy) is 1. The van der Waals surface area contributed by atoms with Crippen molar-refractivity contribution in [2.45, 2.75) is 31.8 Å². The molecule has 6 nitrogen and oxygen atoms in total. The third kappa shape index (κ3) is 3.79. The van der Waals surface area contributed by atoms with Crippen molar-refractivity contribution in [2.24, 2.45) is 0 Å². The Morgan fingerprint density at radius 1 is 1.04 bits per heavy atom. The van der Waals surface area contributed by atoms with E-state index >= 15 is 0 Å². The predicted molar refractivity (Wildman–Crippen MR) is 99.3 cm³/mol. The van der Waals surface area contributed by atoms with Crippen LogP contribution in [0.25, 0.3) is 0 Å². The predicted octanol–water partition coefficient (Wildman–Crippen LogP) is 2.47. The minimum atomic E-state index is -0.485. The van der Waals surface area contributed by atoms with Gasteiger partial charge in [0.1, 0.15) is 5.75 Å². The minimum absolute atomic E-state index is 0.0312. The van der Waals surface area contributed by atoms with Gasteiger partial charge >= 0.3 is 0 Å². The fraction of sp³-hybridized carbons (Fsp3) is 0.450. The van der Waals surface area contributed by atoms with Crippen LogP contribution >= 0.6 is 0 Å². The number of carbonyl (C=O) groups is 1. The molecular formula is C20H24N4O2. The summed E-state index contributed by atoms with van der Waals surface area (Å²) in [6.45, 7) is 4.69. The quantitative estimate of drug-likeness (QED) is 0.827. The number of amides is 1. The molecule has 2 aliphatic rings. The third-order valence-corrected chi connectivity index (χ3v) is 4.99. The number of aromatic nitrogens is 2. The van der Waals surface area contributed by atoms with E-state index < -0.39 is 6.10 Å². The number of hydrogen-bond acceptors (Lipinski definition) is 5. The summed E-state index contributed by atoms with van der Waals surface area (Å²) in [6, 6.07) is 13.6. The molecule has 1 aliphatic heterocycles. The molecule has 2 fully saturated rings. The first-order valence-electron chi connectivity index (χ1n) is 9.30. The number of piperazine rings is 1. The summed E-state index contributed by atoms with van der Waals surface area (Å²) in [5.41, 5.74) is 1.11. The van der Waals surface area contributed by atoms with Crippen molar-refractivity contribution in [1.29, 1.82) is 0 Å². The van der Waals surface area contributed by atoms with Gasteiger partial charge in [-0.05, 0) is 44.0 Å². The standard InChI is InChI=1S/C20H24N4O2/c1-15(26-17-5-3-2-4-6-17)20(25)24-13-11-23(12-14-24)19-10-9-18(21-22-19)16-7-8-16/h2-6,9-10,15-16H,7-8,11-14H2,1H3. The van der Waals surface area contributed by atoms with Gasteiger partial charge in [-0.1, -0.05) is 18.2 Å². The zero-order valence-electron chi connectivity index (χ0n) is 15.0. The first-order chi connectivity index (χ1) is 12.7.